The number of nitrogens with zero attached hydrogens (tertiary/aromatic N) is 1. The van der Waals surface area contributed by atoms with Crippen molar-refractivity contribution in [3.8, 4) is 5.75 Å². The number of aromatic nitrogens is 1. The number of rotatable bonds is 5. The van der Waals surface area contributed by atoms with Gasteiger partial charge >= 0.3 is 0 Å². The van der Waals surface area contributed by atoms with Crippen LogP contribution in [0.15, 0.2) is 36.5 Å². The first-order valence-electron chi connectivity index (χ1n) is 5.93. The molecule has 0 unspecified atom stereocenters. The van der Waals surface area contributed by atoms with Crippen LogP contribution in [0.25, 0.3) is 0 Å². The Morgan fingerprint density at radius 2 is 2.21 bits per heavy atom. The van der Waals surface area contributed by atoms with Crippen molar-refractivity contribution >= 4 is 23.1 Å². The number of anilines is 2. The number of pyridine rings is 1. The van der Waals surface area contributed by atoms with Crippen LogP contribution in [-0.2, 0) is 5.88 Å². The Bertz CT molecular complexity index is 563. The van der Waals surface area contributed by atoms with Crippen LogP contribution < -0.4 is 10.1 Å². The summed E-state index contributed by atoms with van der Waals surface area (Å²) in [6, 6.07) is 8.33. The number of alkyl halides is 1. The first kappa shape index (κ1) is 13.6. The van der Waals surface area contributed by atoms with Crippen LogP contribution in [0.1, 0.15) is 12.5 Å². The zero-order chi connectivity index (χ0) is 13.7. The lowest BCUT2D eigenvalue weighted by Gasteiger charge is -2.11. The summed E-state index contributed by atoms with van der Waals surface area (Å²) in [5.41, 5.74) is 1.57. The average Bonchev–Trinajstić information content (AvgIpc) is 2.43. The van der Waals surface area contributed by atoms with Crippen molar-refractivity contribution in [3.63, 3.8) is 0 Å². The molecule has 1 N–H and O–H groups in total. The summed E-state index contributed by atoms with van der Waals surface area (Å²) < 4.78 is 18.9. The van der Waals surface area contributed by atoms with Gasteiger partial charge in [-0.3, -0.25) is 0 Å². The summed E-state index contributed by atoms with van der Waals surface area (Å²) in [4.78, 5) is 3.94. The number of halogens is 2. The largest absolute Gasteiger partial charge is 0.494 e. The third-order valence-corrected chi connectivity index (χ3v) is 2.81. The molecule has 100 valence electrons. The van der Waals surface area contributed by atoms with Crippen LogP contribution in [0.5, 0.6) is 5.75 Å². The lowest BCUT2D eigenvalue weighted by Crippen LogP contribution is -1.99. The molecule has 0 atom stereocenters. The van der Waals surface area contributed by atoms with E-state index in [2.05, 4.69) is 10.3 Å². The minimum absolute atomic E-state index is 0.187. The predicted octanol–water partition coefficient (Wildman–Crippen LogP) is 4.10. The maximum atomic E-state index is 13.5. The summed E-state index contributed by atoms with van der Waals surface area (Å²) in [6.07, 6.45) is 1.53. The quantitative estimate of drug-likeness (QED) is 0.837. The second-order valence-electron chi connectivity index (χ2n) is 3.85. The molecule has 2 aromatic rings. The Hall–Kier alpha value is -1.81. The lowest BCUT2D eigenvalue weighted by atomic mass is 10.2. The number of ether oxygens (including phenoxy) is 1. The highest BCUT2D eigenvalue weighted by Crippen LogP contribution is 2.26. The van der Waals surface area contributed by atoms with E-state index in [0.717, 1.165) is 17.0 Å². The molecule has 0 aliphatic carbocycles. The van der Waals surface area contributed by atoms with Crippen molar-refractivity contribution in [3.05, 3.63) is 47.9 Å². The van der Waals surface area contributed by atoms with E-state index in [1.165, 1.54) is 12.3 Å². The Kier molecular flexibility index (Phi) is 4.58. The highest BCUT2D eigenvalue weighted by molar-refractivity contribution is 6.17. The smallest absolute Gasteiger partial charge is 0.166 e. The Morgan fingerprint density at radius 3 is 2.89 bits per heavy atom. The van der Waals surface area contributed by atoms with Crippen LogP contribution in [0.2, 0.25) is 0 Å². The van der Waals surface area contributed by atoms with Gasteiger partial charge in [0.05, 0.1) is 12.5 Å². The fraction of sp³-hybridized carbons (Fsp3) is 0.214. The Morgan fingerprint density at radius 1 is 1.37 bits per heavy atom. The molecule has 2 rings (SSSR count). The van der Waals surface area contributed by atoms with Gasteiger partial charge in [0.25, 0.3) is 0 Å². The van der Waals surface area contributed by atoms with Crippen LogP contribution in [0.4, 0.5) is 15.9 Å². The van der Waals surface area contributed by atoms with Gasteiger partial charge in [-0.2, -0.15) is 0 Å². The molecule has 0 radical (unpaired) electrons. The topological polar surface area (TPSA) is 34.1 Å². The minimum atomic E-state index is -0.399. The molecule has 0 aliphatic heterocycles. The van der Waals surface area contributed by atoms with Crippen molar-refractivity contribution in [1.29, 1.82) is 0 Å². The zero-order valence-electron chi connectivity index (χ0n) is 10.5. The molecular weight excluding hydrogens is 267 g/mol. The third-order valence-electron chi connectivity index (χ3n) is 2.53. The van der Waals surface area contributed by atoms with E-state index in [0.29, 0.717) is 12.5 Å². The highest BCUT2D eigenvalue weighted by atomic mass is 35.5. The fourth-order valence-corrected chi connectivity index (χ4v) is 1.88. The second-order valence-corrected chi connectivity index (χ2v) is 4.12. The van der Waals surface area contributed by atoms with Gasteiger partial charge < -0.3 is 10.1 Å². The Balaban J connectivity index is 2.24. The molecule has 0 fully saturated rings. The van der Waals surface area contributed by atoms with Crippen LogP contribution in [0.3, 0.4) is 0 Å². The normalized spacial score (nSPS) is 10.3. The van der Waals surface area contributed by atoms with Gasteiger partial charge in [0.15, 0.2) is 11.6 Å². The number of hydrogen-bond acceptors (Lipinski definition) is 3. The van der Waals surface area contributed by atoms with E-state index in [1.54, 1.807) is 12.1 Å². The van der Waals surface area contributed by atoms with E-state index in [9.17, 15) is 4.39 Å². The molecule has 5 heteroatoms. The second kappa shape index (κ2) is 6.38. The predicted molar refractivity (Wildman–Crippen MR) is 74.6 cm³/mol. The minimum Gasteiger partial charge on any atom is -0.494 e. The summed E-state index contributed by atoms with van der Waals surface area (Å²) in [5.74, 6) is 0.857. The van der Waals surface area contributed by atoms with Crippen molar-refractivity contribution in [2.24, 2.45) is 0 Å². The molecule has 0 spiro atoms. The van der Waals surface area contributed by atoms with Crippen molar-refractivity contribution in [1.82, 2.24) is 4.98 Å². The monoisotopic (exact) mass is 280 g/mol. The molecular formula is C14H14ClFN2O. The maximum Gasteiger partial charge on any atom is 0.166 e. The van der Waals surface area contributed by atoms with E-state index in [4.69, 9.17) is 16.3 Å². The standard InChI is InChI=1S/C14H14ClFN2O/c1-2-19-13-6-5-11(8-10(13)9-15)18-14-12(16)4-3-7-17-14/h3-8H,2,9H2,1H3,(H,17,18). The molecule has 0 bridgehead atoms. The maximum absolute atomic E-state index is 13.5. The number of benzene rings is 1. The number of hydrogen-bond donors (Lipinski definition) is 1. The van der Waals surface area contributed by atoms with Gasteiger partial charge in [0.1, 0.15) is 5.75 Å². The third kappa shape index (κ3) is 3.35. The fourth-order valence-electron chi connectivity index (χ4n) is 1.67. The first-order chi connectivity index (χ1) is 9.24. The zero-order valence-corrected chi connectivity index (χ0v) is 11.2. The molecule has 0 saturated heterocycles. The van der Waals surface area contributed by atoms with Gasteiger partial charge in [-0.1, -0.05) is 0 Å². The van der Waals surface area contributed by atoms with Gasteiger partial charge in [-0.05, 0) is 37.3 Å². The molecule has 0 saturated carbocycles. The molecule has 0 amide bonds. The van der Waals surface area contributed by atoms with Gasteiger partial charge in [0.2, 0.25) is 0 Å². The van der Waals surface area contributed by atoms with Crippen LogP contribution in [-0.4, -0.2) is 11.6 Å². The summed E-state index contributed by atoms with van der Waals surface area (Å²) >= 11 is 5.88. The molecule has 0 aliphatic rings. The molecule has 19 heavy (non-hydrogen) atoms. The molecule has 1 aromatic heterocycles. The molecule has 1 aromatic carbocycles. The van der Waals surface area contributed by atoms with E-state index in [-0.39, 0.29) is 5.82 Å². The average molecular weight is 281 g/mol. The van der Waals surface area contributed by atoms with E-state index in [1.807, 2.05) is 19.1 Å². The SMILES string of the molecule is CCOc1ccc(Nc2ncccc2F)cc1CCl. The van der Waals surface area contributed by atoms with E-state index >= 15 is 0 Å². The first-order valence-corrected chi connectivity index (χ1v) is 6.47. The van der Waals surface area contributed by atoms with Crippen LogP contribution in [0, 0.1) is 5.82 Å². The summed E-state index contributed by atoms with van der Waals surface area (Å²) in [5, 5.41) is 2.92. The van der Waals surface area contributed by atoms with Crippen molar-refractivity contribution < 1.29 is 9.13 Å². The summed E-state index contributed by atoms with van der Waals surface area (Å²) in [6.45, 7) is 2.49. The van der Waals surface area contributed by atoms with Crippen molar-refractivity contribution in [2.45, 2.75) is 12.8 Å². The molecule has 1 heterocycles. The van der Waals surface area contributed by atoms with Crippen LogP contribution >= 0.6 is 11.6 Å². The molecule has 3 nitrogen and oxygen atoms in total. The lowest BCUT2D eigenvalue weighted by molar-refractivity contribution is 0.337. The highest BCUT2D eigenvalue weighted by Gasteiger charge is 2.07. The van der Waals surface area contributed by atoms with E-state index < -0.39 is 5.82 Å². The Labute approximate surface area is 116 Å². The van der Waals surface area contributed by atoms with Crippen molar-refractivity contribution in [2.75, 3.05) is 11.9 Å². The van der Waals surface area contributed by atoms with Gasteiger partial charge in [-0.25, -0.2) is 9.37 Å². The summed E-state index contributed by atoms with van der Waals surface area (Å²) in [7, 11) is 0. The van der Waals surface area contributed by atoms with Gasteiger partial charge in [0, 0.05) is 17.4 Å². The number of nitrogens with one attached hydrogen (secondary N) is 1. The van der Waals surface area contributed by atoms with Gasteiger partial charge in [-0.15, -0.1) is 11.6 Å².